The van der Waals surface area contributed by atoms with E-state index in [1.54, 1.807) is 18.2 Å². The summed E-state index contributed by atoms with van der Waals surface area (Å²) in [5.41, 5.74) is 1.23. The summed E-state index contributed by atoms with van der Waals surface area (Å²) in [5, 5.41) is 1.57. The molecule has 1 unspecified atom stereocenters. The van der Waals surface area contributed by atoms with E-state index in [1.165, 1.54) is 30.6 Å². The molecule has 172 valence electrons. The fourth-order valence-electron chi connectivity index (χ4n) is 3.08. The lowest BCUT2D eigenvalue weighted by Crippen LogP contribution is -2.31. The van der Waals surface area contributed by atoms with Gasteiger partial charge in [0, 0.05) is 25.0 Å². The highest BCUT2D eigenvalue weighted by Gasteiger charge is 2.29. The number of amides is 1. The van der Waals surface area contributed by atoms with Gasteiger partial charge in [0.05, 0.1) is 11.5 Å². The van der Waals surface area contributed by atoms with Crippen molar-refractivity contribution in [3.05, 3.63) is 96.1 Å². The molecule has 0 aliphatic carbocycles. The van der Waals surface area contributed by atoms with E-state index in [2.05, 4.69) is 10.3 Å². The Labute approximate surface area is 193 Å². The van der Waals surface area contributed by atoms with Gasteiger partial charge in [0.25, 0.3) is 0 Å². The van der Waals surface area contributed by atoms with Crippen LogP contribution in [-0.4, -0.2) is 32.5 Å². The summed E-state index contributed by atoms with van der Waals surface area (Å²) in [6, 6.07) is 15.1. The molecule has 1 amide bonds. The number of carbonyl (C=O) groups is 1. The number of carbonyl (C=O) groups excluding carboxylic acids is 1. The molecule has 2 aromatic carbocycles. The van der Waals surface area contributed by atoms with Crippen molar-refractivity contribution in [2.45, 2.75) is 23.5 Å². The van der Waals surface area contributed by atoms with Gasteiger partial charge < -0.3 is 10.1 Å². The average Bonchev–Trinajstić information content (AvgIpc) is 2.83. The predicted molar refractivity (Wildman–Crippen MR) is 125 cm³/mol. The Morgan fingerprint density at radius 1 is 1.12 bits per heavy atom. The zero-order valence-corrected chi connectivity index (χ0v) is 19.0. The van der Waals surface area contributed by atoms with Crippen LogP contribution >= 0.6 is 0 Å². The summed E-state index contributed by atoms with van der Waals surface area (Å²) in [6.07, 6.45) is 6.86. The molecule has 0 fully saturated rings. The van der Waals surface area contributed by atoms with Crippen LogP contribution in [0.25, 0.3) is 6.08 Å². The summed E-state index contributed by atoms with van der Waals surface area (Å²) >= 11 is 0. The standard InChI is InChI=1S/C25H25FN2O4S/c1-2-16-32-22-10-5-19(6-11-22)7-14-25(29)28-18-24(20-4-3-15-27-17-20)33(30,31)23-12-8-21(26)9-13-23/h3-15,17,24H,2,16,18H2,1H3,(H,28,29)/b14-7+. The van der Waals surface area contributed by atoms with E-state index in [0.717, 1.165) is 29.9 Å². The van der Waals surface area contributed by atoms with Crippen LogP contribution in [-0.2, 0) is 14.6 Å². The van der Waals surface area contributed by atoms with Crippen LogP contribution in [0.2, 0.25) is 0 Å². The summed E-state index contributed by atoms with van der Waals surface area (Å²) in [4.78, 5) is 16.3. The van der Waals surface area contributed by atoms with Crippen LogP contribution in [0.5, 0.6) is 5.75 Å². The summed E-state index contributed by atoms with van der Waals surface area (Å²) in [7, 11) is -3.91. The first-order valence-corrected chi connectivity index (χ1v) is 12.0. The van der Waals surface area contributed by atoms with Crippen molar-refractivity contribution in [1.29, 1.82) is 0 Å². The average molecular weight is 469 g/mol. The van der Waals surface area contributed by atoms with E-state index in [4.69, 9.17) is 4.74 Å². The van der Waals surface area contributed by atoms with E-state index in [1.807, 2.05) is 31.2 Å². The number of aromatic nitrogens is 1. The number of pyridine rings is 1. The summed E-state index contributed by atoms with van der Waals surface area (Å²) in [6.45, 7) is 2.49. The third-order valence-corrected chi connectivity index (χ3v) is 6.93. The van der Waals surface area contributed by atoms with Crippen molar-refractivity contribution >= 4 is 21.8 Å². The first-order chi connectivity index (χ1) is 15.9. The number of benzene rings is 2. The molecule has 0 saturated heterocycles. The maximum atomic E-state index is 13.3. The Bertz CT molecular complexity index is 1180. The Kier molecular flexibility index (Phi) is 8.32. The lowest BCUT2D eigenvalue weighted by Gasteiger charge is -2.18. The lowest BCUT2D eigenvalue weighted by molar-refractivity contribution is -0.116. The van der Waals surface area contributed by atoms with Gasteiger partial charge in [-0.15, -0.1) is 0 Å². The second-order valence-corrected chi connectivity index (χ2v) is 9.40. The first kappa shape index (κ1) is 24.1. The molecule has 0 spiro atoms. The Balaban J connectivity index is 1.71. The molecule has 1 N–H and O–H groups in total. The topological polar surface area (TPSA) is 85.4 Å². The predicted octanol–water partition coefficient (Wildman–Crippen LogP) is 4.35. The molecule has 1 atom stereocenters. The highest BCUT2D eigenvalue weighted by Crippen LogP contribution is 2.28. The van der Waals surface area contributed by atoms with Gasteiger partial charge >= 0.3 is 0 Å². The van der Waals surface area contributed by atoms with Gasteiger partial charge in [-0.1, -0.05) is 25.1 Å². The molecule has 0 aliphatic rings. The SMILES string of the molecule is CCCOc1ccc(/C=C/C(=O)NCC(c2cccnc2)S(=O)(=O)c2ccc(F)cc2)cc1. The van der Waals surface area contributed by atoms with Crippen molar-refractivity contribution in [3.63, 3.8) is 0 Å². The number of hydrogen-bond acceptors (Lipinski definition) is 5. The lowest BCUT2D eigenvalue weighted by atomic mass is 10.2. The van der Waals surface area contributed by atoms with Gasteiger partial charge in [0.15, 0.2) is 9.84 Å². The number of sulfone groups is 1. The maximum absolute atomic E-state index is 13.3. The van der Waals surface area contributed by atoms with Crippen LogP contribution in [0.15, 0.2) is 84.0 Å². The molecule has 8 heteroatoms. The van der Waals surface area contributed by atoms with Crippen LogP contribution in [0.4, 0.5) is 4.39 Å². The molecule has 3 aromatic rings. The van der Waals surface area contributed by atoms with Crippen LogP contribution < -0.4 is 10.1 Å². The minimum Gasteiger partial charge on any atom is -0.494 e. The fourth-order valence-corrected chi connectivity index (χ4v) is 4.73. The van der Waals surface area contributed by atoms with Gasteiger partial charge in [-0.3, -0.25) is 9.78 Å². The largest absolute Gasteiger partial charge is 0.494 e. The number of halogens is 1. The monoisotopic (exact) mass is 468 g/mol. The molecule has 6 nitrogen and oxygen atoms in total. The van der Waals surface area contributed by atoms with Gasteiger partial charge in [0.2, 0.25) is 5.91 Å². The molecule has 1 aromatic heterocycles. The molecule has 0 bridgehead atoms. The van der Waals surface area contributed by atoms with E-state index >= 15 is 0 Å². The van der Waals surface area contributed by atoms with Gasteiger partial charge in [-0.05, 0) is 66.1 Å². The van der Waals surface area contributed by atoms with E-state index in [9.17, 15) is 17.6 Å². The molecule has 3 rings (SSSR count). The minimum absolute atomic E-state index is 0.0343. The number of rotatable bonds is 10. The number of nitrogens with zero attached hydrogens (tertiary/aromatic N) is 1. The minimum atomic E-state index is -3.91. The molecule has 0 aliphatic heterocycles. The third kappa shape index (κ3) is 6.73. The zero-order valence-electron chi connectivity index (χ0n) is 18.1. The third-order valence-electron chi connectivity index (χ3n) is 4.81. The van der Waals surface area contributed by atoms with Crippen LogP contribution in [0.1, 0.15) is 29.7 Å². The highest BCUT2D eigenvalue weighted by atomic mass is 32.2. The maximum Gasteiger partial charge on any atom is 0.244 e. The van der Waals surface area contributed by atoms with Gasteiger partial charge in [-0.25, -0.2) is 12.8 Å². The second kappa shape index (κ2) is 11.4. The van der Waals surface area contributed by atoms with Crippen molar-refractivity contribution in [2.24, 2.45) is 0 Å². The van der Waals surface area contributed by atoms with Crippen molar-refractivity contribution in [3.8, 4) is 5.75 Å². The highest BCUT2D eigenvalue weighted by molar-refractivity contribution is 7.91. The molecule has 1 heterocycles. The Morgan fingerprint density at radius 2 is 1.85 bits per heavy atom. The Morgan fingerprint density at radius 3 is 2.48 bits per heavy atom. The molecule has 33 heavy (non-hydrogen) atoms. The summed E-state index contributed by atoms with van der Waals surface area (Å²) in [5.74, 6) is -0.219. The second-order valence-electron chi connectivity index (χ2n) is 7.27. The van der Waals surface area contributed by atoms with Gasteiger partial charge in [-0.2, -0.15) is 0 Å². The molecule has 0 radical (unpaired) electrons. The number of nitrogens with one attached hydrogen (secondary N) is 1. The van der Waals surface area contributed by atoms with E-state index in [0.29, 0.717) is 12.2 Å². The zero-order chi connectivity index (χ0) is 23.7. The van der Waals surface area contributed by atoms with Crippen LogP contribution in [0.3, 0.4) is 0 Å². The van der Waals surface area contributed by atoms with Crippen molar-refractivity contribution < 1.29 is 22.3 Å². The summed E-state index contributed by atoms with van der Waals surface area (Å²) < 4.78 is 45.2. The van der Waals surface area contributed by atoms with Crippen molar-refractivity contribution in [1.82, 2.24) is 10.3 Å². The first-order valence-electron chi connectivity index (χ1n) is 10.5. The Hall–Kier alpha value is -3.52. The molecule has 0 saturated carbocycles. The molecular weight excluding hydrogens is 443 g/mol. The molecular formula is C25H25FN2O4S. The fraction of sp³-hybridized carbons (Fsp3) is 0.200. The van der Waals surface area contributed by atoms with Crippen LogP contribution in [0, 0.1) is 5.82 Å². The van der Waals surface area contributed by atoms with Crippen molar-refractivity contribution in [2.75, 3.05) is 13.2 Å². The van der Waals surface area contributed by atoms with E-state index in [-0.39, 0.29) is 11.4 Å². The normalized spacial score (nSPS) is 12.4. The number of ether oxygens (including phenoxy) is 1. The van der Waals surface area contributed by atoms with E-state index < -0.39 is 26.8 Å². The number of hydrogen-bond donors (Lipinski definition) is 1. The smallest absolute Gasteiger partial charge is 0.244 e. The van der Waals surface area contributed by atoms with Gasteiger partial charge in [0.1, 0.15) is 16.8 Å². The quantitative estimate of drug-likeness (QED) is 0.353.